The van der Waals surface area contributed by atoms with Crippen LogP contribution in [0.5, 0.6) is 0 Å². The van der Waals surface area contributed by atoms with E-state index in [1.807, 2.05) is 60.7 Å². The van der Waals surface area contributed by atoms with E-state index in [1.54, 1.807) is 13.1 Å². The molecule has 1 N–H and O–H groups in total. The van der Waals surface area contributed by atoms with E-state index in [4.69, 9.17) is 0 Å². The van der Waals surface area contributed by atoms with Crippen LogP contribution in [0.3, 0.4) is 0 Å². The van der Waals surface area contributed by atoms with Gasteiger partial charge in [-0.25, -0.2) is 4.68 Å². The van der Waals surface area contributed by atoms with Gasteiger partial charge in [0.2, 0.25) is 0 Å². The highest BCUT2D eigenvalue weighted by molar-refractivity contribution is 5.77. The highest BCUT2D eigenvalue weighted by Crippen LogP contribution is 2.26. The van der Waals surface area contributed by atoms with Crippen LogP contribution >= 0.6 is 0 Å². The van der Waals surface area contributed by atoms with E-state index in [1.165, 1.54) is 4.68 Å². The van der Waals surface area contributed by atoms with Gasteiger partial charge in [-0.1, -0.05) is 48.5 Å². The van der Waals surface area contributed by atoms with Gasteiger partial charge in [0.1, 0.15) is 5.69 Å². The molecule has 1 aromatic heterocycles. The Bertz CT molecular complexity index is 795. The third-order valence-corrected chi connectivity index (χ3v) is 3.19. The zero-order chi connectivity index (χ0) is 14.7. The Labute approximate surface area is 122 Å². The number of nitrogens with zero attached hydrogens (tertiary/aromatic N) is 2. The number of rotatable bonds is 3. The molecule has 4 heteroatoms. The molecule has 0 spiro atoms. The Morgan fingerprint density at radius 1 is 0.952 bits per heavy atom. The average Bonchev–Trinajstić information content (AvgIpc) is 2.52. The molecule has 0 aliphatic carbocycles. The fraction of sp³-hybridized carbons (Fsp3) is 0.0588. The lowest BCUT2D eigenvalue weighted by atomic mass is 10.1. The summed E-state index contributed by atoms with van der Waals surface area (Å²) < 4.78 is 1.35. The molecule has 4 nitrogen and oxygen atoms in total. The zero-order valence-corrected chi connectivity index (χ0v) is 11.7. The predicted octanol–water partition coefficient (Wildman–Crippen LogP) is 3.19. The fourth-order valence-electron chi connectivity index (χ4n) is 2.12. The number of anilines is 2. The summed E-state index contributed by atoms with van der Waals surface area (Å²) in [5.41, 5.74) is 3.20. The summed E-state index contributed by atoms with van der Waals surface area (Å²) in [5, 5.41) is 7.64. The fourth-order valence-corrected chi connectivity index (χ4v) is 2.12. The van der Waals surface area contributed by atoms with Gasteiger partial charge in [-0.3, -0.25) is 4.79 Å². The quantitative estimate of drug-likeness (QED) is 0.799. The van der Waals surface area contributed by atoms with Crippen LogP contribution in [0.25, 0.3) is 11.3 Å². The minimum Gasteiger partial charge on any atom is -0.354 e. The van der Waals surface area contributed by atoms with Crippen molar-refractivity contribution in [3.8, 4) is 11.3 Å². The van der Waals surface area contributed by atoms with Crippen LogP contribution in [0, 0.1) is 0 Å². The van der Waals surface area contributed by atoms with Crippen LogP contribution in [0.4, 0.5) is 11.4 Å². The first kappa shape index (κ1) is 13.1. The molecule has 0 unspecified atom stereocenters. The molecular formula is C17H15N3O. The molecule has 3 aromatic rings. The minimum absolute atomic E-state index is 0.145. The SMILES string of the molecule is Cn1nc(-c2ccccc2)c(Nc2ccccc2)cc1=O. The number of aromatic nitrogens is 2. The van der Waals surface area contributed by atoms with Gasteiger partial charge in [-0.2, -0.15) is 5.10 Å². The topological polar surface area (TPSA) is 46.9 Å². The van der Waals surface area contributed by atoms with Crippen LogP contribution in [0.1, 0.15) is 0 Å². The highest BCUT2D eigenvalue weighted by atomic mass is 16.1. The van der Waals surface area contributed by atoms with Gasteiger partial charge in [0.05, 0.1) is 5.69 Å². The summed E-state index contributed by atoms with van der Waals surface area (Å²) in [4.78, 5) is 11.9. The molecule has 1 heterocycles. The van der Waals surface area contributed by atoms with Gasteiger partial charge < -0.3 is 5.32 Å². The Morgan fingerprint density at radius 3 is 2.24 bits per heavy atom. The number of hydrogen-bond donors (Lipinski definition) is 1. The molecule has 21 heavy (non-hydrogen) atoms. The Morgan fingerprint density at radius 2 is 1.57 bits per heavy atom. The van der Waals surface area contributed by atoms with Crippen LogP contribution in [-0.2, 0) is 7.05 Å². The summed E-state index contributed by atoms with van der Waals surface area (Å²) in [6.07, 6.45) is 0. The molecule has 0 amide bonds. The molecular weight excluding hydrogens is 262 g/mol. The van der Waals surface area contributed by atoms with E-state index in [0.29, 0.717) is 5.69 Å². The van der Waals surface area contributed by atoms with Crippen molar-refractivity contribution in [1.82, 2.24) is 9.78 Å². The molecule has 0 atom stereocenters. The first-order valence-corrected chi connectivity index (χ1v) is 6.70. The summed E-state index contributed by atoms with van der Waals surface area (Å²) in [6, 6.07) is 21.1. The third-order valence-electron chi connectivity index (χ3n) is 3.19. The molecule has 0 saturated heterocycles. The van der Waals surface area contributed by atoms with E-state index in [2.05, 4.69) is 10.4 Å². The number of aryl methyl sites for hydroxylation is 1. The van der Waals surface area contributed by atoms with E-state index >= 15 is 0 Å². The largest absolute Gasteiger partial charge is 0.354 e. The molecule has 104 valence electrons. The maximum Gasteiger partial charge on any atom is 0.268 e. The van der Waals surface area contributed by atoms with Crippen molar-refractivity contribution in [2.75, 3.05) is 5.32 Å². The molecule has 3 rings (SSSR count). The second-order valence-corrected chi connectivity index (χ2v) is 4.73. The van der Waals surface area contributed by atoms with Gasteiger partial charge >= 0.3 is 0 Å². The first-order valence-electron chi connectivity index (χ1n) is 6.70. The second kappa shape index (κ2) is 5.63. The van der Waals surface area contributed by atoms with E-state index in [9.17, 15) is 4.79 Å². The van der Waals surface area contributed by atoms with Crippen LogP contribution in [0.2, 0.25) is 0 Å². The van der Waals surface area contributed by atoms with E-state index in [-0.39, 0.29) is 5.56 Å². The smallest absolute Gasteiger partial charge is 0.268 e. The normalized spacial score (nSPS) is 10.3. The lowest BCUT2D eigenvalue weighted by Crippen LogP contribution is -2.20. The van der Waals surface area contributed by atoms with Gasteiger partial charge in [-0.05, 0) is 12.1 Å². The highest BCUT2D eigenvalue weighted by Gasteiger charge is 2.09. The molecule has 2 aromatic carbocycles. The summed E-state index contributed by atoms with van der Waals surface area (Å²) in [7, 11) is 1.65. The standard InChI is InChI=1S/C17H15N3O/c1-20-16(21)12-15(18-14-10-6-3-7-11-14)17(19-20)13-8-4-2-5-9-13/h2-12,18H,1H3. The Balaban J connectivity index is 2.11. The number of nitrogens with one attached hydrogen (secondary N) is 1. The van der Waals surface area contributed by atoms with Crippen LogP contribution in [-0.4, -0.2) is 9.78 Å². The lowest BCUT2D eigenvalue weighted by Gasteiger charge is -2.12. The van der Waals surface area contributed by atoms with Crippen molar-refractivity contribution in [2.24, 2.45) is 7.05 Å². The minimum atomic E-state index is -0.145. The molecule has 0 fully saturated rings. The number of para-hydroxylation sites is 1. The van der Waals surface area contributed by atoms with Crippen molar-refractivity contribution in [3.63, 3.8) is 0 Å². The summed E-state index contributed by atoms with van der Waals surface area (Å²) in [5.74, 6) is 0. The first-order chi connectivity index (χ1) is 10.2. The lowest BCUT2D eigenvalue weighted by molar-refractivity contribution is 0.713. The van der Waals surface area contributed by atoms with Crippen LogP contribution < -0.4 is 10.9 Å². The average molecular weight is 277 g/mol. The number of hydrogen-bond acceptors (Lipinski definition) is 3. The Hall–Kier alpha value is -2.88. The zero-order valence-electron chi connectivity index (χ0n) is 11.7. The van der Waals surface area contributed by atoms with Crippen molar-refractivity contribution in [1.29, 1.82) is 0 Å². The van der Waals surface area contributed by atoms with E-state index < -0.39 is 0 Å². The predicted molar refractivity (Wildman–Crippen MR) is 84.6 cm³/mol. The van der Waals surface area contributed by atoms with E-state index in [0.717, 1.165) is 16.9 Å². The van der Waals surface area contributed by atoms with Crippen molar-refractivity contribution >= 4 is 11.4 Å². The van der Waals surface area contributed by atoms with Gasteiger partial charge in [0.25, 0.3) is 5.56 Å². The van der Waals surface area contributed by atoms with Crippen LogP contribution in [0.15, 0.2) is 71.5 Å². The molecule has 0 aliphatic rings. The molecule has 0 bridgehead atoms. The molecule has 0 saturated carbocycles. The maximum atomic E-state index is 11.9. The van der Waals surface area contributed by atoms with Gasteiger partial charge in [0.15, 0.2) is 0 Å². The van der Waals surface area contributed by atoms with Gasteiger partial charge in [-0.15, -0.1) is 0 Å². The Kier molecular flexibility index (Phi) is 3.51. The summed E-state index contributed by atoms with van der Waals surface area (Å²) >= 11 is 0. The van der Waals surface area contributed by atoms with Crippen molar-refractivity contribution in [2.45, 2.75) is 0 Å². The number of benzene rings is 2. The summed E-state index contributed by atoms with van der Waals surface area (Å²) in [6.45, 7) is 0. The molecule has 0 aliphatic heterocycles. The van der Waals surface area contributed by atoms with Crippen molar-refractivity contribution < 1.29 is 0 Å². The molecule has 0 radical (unpaired) electrons. The van der Waals surface area contributed by atoms with Crippen molar-refractivity contribution in [3.05, 3.63) is 77.1 Å². The maximum absolute atomic E-state index is 11.9. The van der Waals surface area contributed by atoms with Gasteiger partial charge in [0, 0.05) is 24.4 Å². The third kappa shape index (κ3) is 2.84. The monoisotopic (exact) mass is 277 g/mol. The second-order valence-electron chi connectivity index (χ2n) is 4.73.